The first-order valence-corrected chi connectivity index (χ1v) is 8.46. The first kappa shape index (κ1) is 16.0. The topological polar surface area (TPSA) is 69.7 Å². The zero-order valence-corrected chi connectivity index (χ0v) is 13.1. The average molecular weight is 312 g/mol. The minimum Gasteiger partial charge on any atom is -0.460 e. The van der Waals surface area contributed by atoms with Gasteiger partial charge >= 0.3 is 5.97 Å². The van der Waals surface area contributed by atoms with Gasteiger partial charge in [0.2, 0.25) is 0 Å². The molecule has 6 heteroatoms. The Morgan fingerprint density at radius 1 is 1.10 bits per heavy atom. The van der Waals surface area contributed by atoms with Crippen LogP contribution in [0.4, 0.5) is 0 Å². The standard InChI is InChI=1S/C15H20O5S/c1-11-7-9-13(10-8-11)21(17,18)20-15-6-4-3-5-14(15)19-12(2)16/h7-10,14-15H,3-6H2,1-2H3/t14-,15?/m1/s1. The monoisotopic (exact) mass is 312 g/mol. The van der Waals surface area contributed by atoms with Gasteiger partial charge in [0.15, 0.2) is 0 Å². The van der Waals surface area contributed by atoms with Crippen LogP contribution in [0.1, 0.15) is 38.2 Å². The number of ether oxygens (including phenoxy) is 1. The van der Waals surface area contributed by atoms with Crippen LogP contribution < -0.4 is 0 Å². The molecule has 1 aromatic carbocycles. The number of hydrogen-bond donors (Lipinski definition) is 0. The van der Waals surface area contributed by atoms with Crippen molar-refractivity contribution in [2.75, 3.05) is 0 Å². The van der Waals surface area contributed by atoms with Crippen molar-refractivity contribution in [2.24, 2.45) is 0 Å². The van der Waals surface area contributed by atoms with Gasteiger partial charge in [-0.2, -0.15) is 8.42 Å². The normalized spacial score (nSPS) is 22.8. The van der Waals surface area contributed by atoms with Gasteiger partial charge in [-0.05, 0) is 38.3 Å². The molecule has 1 aliphatic rings. The first-order valence-electron chi connectivity index (χ1n) is 7.05. The third kappa shape index (κ3) is 4.28. The molecule has 0 aromatic heterocycles. The smallest absolute Gasteiger partial charge is 0.302 e. The van der Waals surface area contributed by atoms with Crippen molar-refractivity contribution < 1.29 is 22.1 Å². The summed E-state index contributed by atoms with van der Waals surface area (Å²) in [6, 6.07) is 6.49. The molecule has 1 aliphatic carbocycles. The molecule has 0 bridgehead atoms. The Labute approximate surface area is 125 Å². The lowest BCUT2D eigenvalue weighted by Gasteiger charge is -2.30. The Morgan fingerprint density at radius 2 is 1.67 bits per heavy atom. The lowest BCUT2D eigenvalue weighted by Crippen LogP contribution is -2.37. The lowest BCUT2D eigenvalue weighted by atomic mass is 9.95. The summed E-state index contributed by atoms with van der Waals surface area (Å²) in [5, 5.41) is 0. The Balaban J connectivity index is 2.13. The highest BCUT2D eigenvalue weighted by molar-refractivity contribution is 7.86. The van der Waals surface area contributed by atoms with Crippen LogP contribution in [0.3, 0.4) is 0 Å². The highest BCUT2D eigenvalue weighted by Gasteiger charge is 2.33. The van der Waals surface area contributed by atoms with E-state index in [1.807, 2.05) is 6.92 Å². The molecule has 116 valence electrons. The molecule has 0 radical (unpaired) electrons. The Bertz CT molecular complexity index is 591. The van der Waals surface area contributed by atoms with E-state index in [2.05, 4.69) is 0 Å². The summed E-state index contributed by atoms with van der Waals surface area (Å²) < 4.78 is 35.1. The molecule has 2 atom stereocenters. The summed E-state index contributed by atoms with van der Waals surface area (Å²) in [5.74, 6) is -0.414. The molecule has 1 unspecified atom stereocenters. The quantitative estimate of drug-likeness (QED) is 0.631. The maximum atomic E-state index is 12.3. The van der Waals surface area contributed by atoms with Gasteiger partial charge in [-0.15, -0.1) is 0 Å². The number of carbonyl (C=O) groups is 1. The van der Waals surface area contributed by atoms with E-state index < -0.39 is 28.3 Å². The molecule has 21 heavy (non-hydrogen) atoms. The fourth-order valence-electron chi connectivity index (χ4n) is 2.44. The summed E-state index contributed by atoms with van der Waals surface area (Å²) in [6.07, 6.45) is 1.88. The summed E-state index contributed by atoms with van der Waals surface area (Å²) in [4.78, 5) is 11.2. The summed E-state index contributed by atoms with van der Waals surface area (Å²) in [7, 11) is -3.84. The van der Waals surface area contributed by atoms with E-state index >= 15 is 0 Å². The van der Waals surface area contributed by atoms with E-state index in [-0.39, 0.29) is 4.90 Å². The van der Waals surface area contributed by atoms with Crippen molar-refractivity contribution in [1.82, 2.24) is 0 Å². The summed E-state index contributed by atoms with van der Waals surface area (Å²) in [5.41, 5.74) is 0.976. The molecular weight excluding hydrogens is 292 g/mol. The van der Waals surface area contributed by atoms with Crippen molar-refractivity contribution in [3.8, 4) is 0 Å². The number of aryl methyl sites for hydroxylation is 1. The minimum absolute atomic E-state index is 0.125. The fourth-order valence-corrected chi connectivity index (χ4v) is 3.57. The zero-order chi connectivity index (χ0) is 15.5. The number of hydrogen-bond acceptors (Lipinski definition) is 5. The second-order valence-corrected chi connectivity index (χ2v) is 6.91. The predicted molar refractivity (Wildman–Crippen MR) is 77.3 cm³/mol. The van der Waals surface area contributed by atoms with E-state index in [0.717, 1.165) is 18.4 Å². The van der Waals surface area contributed by atoms with Crippen LogP contribution in [0, 0.1) is 6.92 Å². The molecule has 0 saturated heterocycles. The lowest BCUT2D eigenvalue weighted by molar-refractivity contribution is -0.153. The number of esters is 1. The maximum absolute atomic E-state index is 12.3. The van der Waals surface area contributed by atoms with Gasteiger partial charge in [-0.3, -0.25) is 8.98 Å². The molecule has 0 heterocycles. The second-order valence-electron chi connectivity index (χ2n) is 5.33. The highest BCUT2D eigenvalue weighted by Crippen LogP contribution is 2.27. The van der Waals surface area contributed by atoms with Gasteiger partial charge in [0.05, 0.1) is 4.90 Å². The van der Waals surface area contributed by atoms with E-state index in [9.17, 15) is 13.2 Å². The molecule has 1 saturated carbocycles. The molecule has 0 aliphatic heterocycles. The Kier molecular flexibility index (Phi) is 5.00. The molecule has 2 rings (SSSR count). The van der Waals surface area contributed by atoms with Crippen LogP contribution in [0.5, 0.6) is 0 Å². The Hall–Kier alpha value is -1.40. The third-order valence-corrected chi connectivity index (χ3v) is 4.87. The number of carbonyl (C=O) groups excluding carboxylic acids is 1. The third-order valence-electron chi connectivity index (χ3n) is 3.52. The van der Waals surface area contributed by atoms with Crippen molar-refractivity contribution in [3.63, 3.8) is 0 Å². The Morgan fingerprint density at radius 3 is 2.24 bits per heavy atom. The zero-order valence-electron chi connectivity index (χ0n) is 12.2. The van der Waals surface area contributed by atoms with Crippen LogP contribution in [-0.4, -0.2) is 26.6 Å². The SMILES string of the molecule is CC(=O)O[C@@H]1CCCCC1OS(=O)(=O)c1ccc(C)cc1. The number of rotatable bonds is 4. The predicted octanol–water partition coefficient (Wildman–Crippen LogP) is 2.57. The molecule has 1 aromatic rings. The minimum atomic E-state index is -3.84. The van der Waals surface area contributed by atoms with Gasteiger partial charge < -0.3 is 4.74 Å². The summed E-state index contributed by atoms with van der Waals surface area (Å²) in [6.45, 7) is 3.20. The van der Waals surface area contributed by atoms with Crippen LogP contribution in [0.15, 0.2) is 29.2 Å². The van der Waals surface area contributed by atoms with E-state index in [4.69, 9.17) is 8.92 Å². The van der Waals surface area contributed by atoms with E-state index in [1.165, 1.54) is 19.1 Å². The van der Waals surface area contributed by atoms with Gasteiger partial charge in [-0.25, -0.2) is 0 Å². The average Bonchev–Trinajstić information content (AvgIpc) is 2.40. The van der Waals surface area contributed by atoms with E-state index in [1.54, 1.807) is 12.1 Å². The van der Waals surface area contributed by atoms with Crippen molar-refractivity contribution in [1.29, 1.82) is 0 Å². The molecular formula is C15H20O5S. The van der Waals surface area contributed by atoms with Gasteiger partial charge in [0, 0.05) is 6.92 Å². The maximum Gasteiger partial charge on any atom is 0.302 e. The van der Waals surface area contributed by atoms with Crippen LogP contribution >= 0.6 is 0 Å². The van der Waals surface area contributed by atoms with Crippen molar-refractivity contribution in [3.05, 3.63) is 29.8 Å². The largest absolute Gasteiger partial charge is 0.460 e. The number of benzene rings is 1. The molecule has 5 nitrogen and oxygen atoms in total. The van der Waals surface area contributed by atoms with Crippen molar-refractivity contribution >= 4 is 16.1 Å². The highest BCUT2D eigenvalue weighted by atomic mass is 32.2. The fraction of sp³-hybridized carbons (Fsp3) is 0.533. The van der Waals surface area contributed by atoms with Gasteiger partial charge in [0.1, 0.15) is 12.2 Å². The molecule has 0 N–H and O–H groups in total. The summed E-state index contributed by atoms with van der Waals surface area (Å²) >= 11 is 0. The van der Waals surface area contributed by atoms with Crippen LogP contribution in [-0.2, 0) is 23.8 Å². The van der Waals surface area contributed by atoms with Gasteiger partial charge in [0.25, 0.3) is 10.1 Å². The van der Waals surface area contributed by atoms with Gasteiger partial charge in [-0.1, -0.05) is 24.1 Å². The van der Waals surface area contributed by atoms with E-state index in [0.29, 0.717) is 12.8 Å². The second kappa shape index (κ2) is 6.58. The van der Waals surface area contributed by atoms with Crippen molar-refractivity contribution in [2.45, 2.75) is 56.6 Å². The molecule has 1 fully saturated rings. The molecule has 0 amide bonds. The molecule has 0 spiro atoms. The van der Waals surface area contributed by atoms with Crippen LogP contribution in [0.25, 0.3) is 0 Å². The first-order chi connectivity index (χ1) is 9.88. The van der Waals surface area contributed by atoms with Crippen LogP contribution in [0.2, 0.25) is 0 Å².